The number of aromatic nitrogens is 2. The van der Waals surface area contributed by atoms with Crippen molar-refractivity contribution in [3.8, 4) is 11.1 Å². The maximum absolute atomic E-state index is 4.54. The van der Waals surface area contributed by atoms with Crippen LogP contribution in [0, 0.1) is 13.8 Å². The number of aryl methyl sites for hydroxylation is 3. The molecule has 0 atom stereocenters. The molecule has 1 aromatic carbocycles. The van der Waals surface area contributed by atoms with Gasteiger partial charge in [-0.1, -0.05) is 23.8 Å². The Morgan fingerprint density at radius 3 is 2.65 bits per heavy atom. The van der Waals surface area contributed by atoms with Gasteiger partial charge in [-0.3, -0.25) is 4.68 Å². The summed E-state index contributed by atoms with van der Waals surface area (Å²) in [4.78, 5) is 0. The minimum Gasteiger partial charge on any atom is -0.317 e. The monoisotopic (exact) mass is 269 g/mol. The third-order valence-corrected chi connectivity index (χ3v) is 4.39. The van der Waals surface area contributed by atoms with E-state index >= 15 is 0 Å². The van der Waals surface area contributed by atoms with Gasteiger partial charge < -0.3 is 5.32 Å². The van der Waals surface area contributed by atoms with Crippen molar-refractivity contribution in [2.45, 2.75) is 32.6 Å². The van der Waals surface area contributed by atoms with Crippen LogP contribution in [0.3, 0.4) is 0 Å². The first-order valence-corrected chi connectivity index (χ1v) is 7.47. The van der Waals surface area contributed by atoms with Crippen LogP contribution in [0.15, 0.2) is 24.4 Å². The summed E-state index contributed by atoms with van der Waals surface area (Å²) in [6.45, 7) is 6.57. The average molecular weight is 269 g/mol. The van der Waals surface area contributed by atoms with Gasteiger partial charge in [0.15, 0.2) is 0 Å². The molecule has 20 heavy (non-hydrogen) atoms. The van der Waals surface area contributed by atoms with Gasteiger partial charge in [0.1, 0.15) is 0 Å². The lowest BCUT2D eigenvalue weighted by Crippen LogP contribution is -2.27. The van der Waals surface area contributed by atoms with Gasteiger partial charge >= 0.3 is 0 Å². The Morgan fingerprint density at radius 2 is 1.90 bits per heavy atom. The van der Waals surface area contributed by atoms with E-state index in [4.69, 9.17) is 0 Å². The summed E-state index contributed by atoms with van der Waals surface area (Å²) in [6, 6.07) is 6.68. The Morgan fingerprint density at radius 1 is 1.15 bits per heavy atom. The number of hydrogen-bond acceptors (Lipinski definition) is 2. The summed E-state index contributed by atoms with van der Waals surface area (Å²) in [5, 5.41) is 7.98. The minimum atomic E-state index is 0.624. The van der Waals surface area contributed by atoms with E-state index < -0.39 is 0 Å². The normalized spacial score (nSPS) is 16.6. The molecule has 1 aliphatic heterocycles. The number of hydrogen-bond donors (Lipinski definition) is 1. The highest BCUT2D eigenvalue weighted by Crippen LogP contribution is 2.35. The number of rotatable bonds is 2. The Bertz CT molecular complexity index is 607. The topological polar surface area (TPSA) is 29.9 Å². The van der Waals surface area contributed by atoms with Crippen LogP contribution in [0.1, 0.15) is 35.6 Å². The molecule has 1 saturated heterocycles. The third-order valence-electron chi connectivity index (χ3n) is 4.39. The largest absolute Gasteiger partial charge is 0.317 e. The molecule has 0 radical (unpaired) electrons. The zero-order valence-electron chi connectivity index (χ0n) is 12.6. The van der Waals surface area contributed by atoms with E-state index in [0.29, 0.717) is 5.92 Å². The maximum Gasteiger partial charge on any atom is 0.0571 e. The quantitative estimate of drug-likeness (QED) is 0.907. The van der Waals surface area contributed by atoms with Crippen LogP contribution in [0.5, 0.6) is 0 Å². The summed E-state index contributed by atoms with van der Waals surface area (Å²) >= 11 is 0. The van der Waals surface area contributed by atoms with Gasteiger partial charge in [-0.05, 0) is 50.9 Å². The number of piperidine rings is 1. The molecule has 3 heteroatoms. The van der Waals surface area contributed by atoms with Crippen molar-refractivity contribution in [2.24, 2.45) is 7.05 Å². The van der Waals surface area contributed by atoms with Crippen molar-refractivity contribution < 1.29 is 0 Å². The Balaban J connectivity index is 2.08. The van der Waals surface area contributed by atoms with Gasteiger partial charge in [0.2, 0.25) is 0 Å². The number of nitrogens with zero attached hydrogens (tertiary/aromatic N) is 2. The molecule has 1 N–H and O–H groups in total. The molecule has 0 saturated carbocycles. The predicted molar refractivity (Wildman–Crippen MR) is 83.0 cm³/mol. The number of benzene rings is 1. The van der Waals surface area contributed by atoms with Crippen LogP contribution in [0.25, 0.3) is 11.1 Å². The van der Waals surface area contributed by atoms with Crippen molar-refractivity contribution in [1.29, 1.82) is 0 Å². The van der Waals surface area contributed by atoms with Crippen LogP contribution >= 0.6 is 0 Å². The summed E-state index contributed by atoms with van der Waals surface area (Å²) < 4.78 is 2.08. The summed E-state index contributed by atoms with van der Waals surface area (Å²) in [5.41, 5.74) is 6.71. The maximum atomic E-state index is 4.54. The highest BCUT2D eigenvalue weighted by molar-refractivity contribution is 5.70. The zero-order chi connectivity index (χ0) is 14.1. The lowest BCUT2D eigenvalue weighted by Gasteiger charge is -2.24. The molecule has 106 valence electrons. The Kier molecular flexibility index (Phi) is 3.62. The summed E-state index contributed by atoms with van der Waals surface area (Å²) in [6.07, 6.45) is 4.45. The fourth-order valence-electron chi connectivity index (χ4n) is 3.26. The molecule has 0 aliphatic carbocycles. The molecule has 0 amide bonds. The zero-order valence-corrected chi connectivity index (χ0v) is 12.6. The van der Waals surface area contributed by atoms with Crippen molar-refractivity contribution >= 4 is 0 Å². The predicted octanol–water partition coefficient (Wildman–Crippen LogP) is 3.17. The first kappa shape index (κ1) is 13.4. The van der Waals surface area contributed by atoms with E-state index in [0.717, 1.165) is 13.1 Å². The molecule has 0 unspecified atom stereocenters. The lowest BCUT2D eigenvalue weighted by atomic mass is 9.88. The Hall–Kier alpha value is -1.61. The Labute approximate surface area is 121 Å². The smallest absolute Gasteiger partial charge is 0.0571 e. The van der Waals surface area contributed by atoms with E-state index in [2.05, 4.69) is 54.2 Å². The highest BCUT2D eigenvalue weighted by atomic mass is 15.3. The van der Waals surface area contributed by atoms with Crippen LogP contribution < -0.4 is 5.32 Å². The minimum absolute atomic E-state index is 0.624. The molecule has 1 aliphatic rings. The summed E-state index contributed by atoms with van der Waals surface area (Å²) in [7, 11) is 2.08. The molecular formula is C17H23N3. The second kappa shape index (κ2) is 5.41. The molecule has 2 heterocycles. The van der Waals surface area contributed by atoms with Crippen molar-refractivity contribution in [3.05, 3.63) is 41.2 Å². The molecule has 3 rings (SSSR count). The van der Waals surface area contributed by atoms with Crippen molar-refractivity contribution in [3.63, 3.8) is 0 Å². The average Bonchev–Trinajstić information content (AvgIpc) is 2.84. The van der Waals surface area contributed by atoms with Gasteiger partial charge in [0.05, 0.1) is 6.20 Å². The van der Waals surface area contributed by atoms with E-state index in [1.54, 1.807) is 0 Å². The molecule has 1 fully saturated rings. The van der Waals surface area contributed by atoms with Crippen LogP contribution in [-0.4, -0.2) is 22.9 Å². The summed E-state index contributed by atoms with van der Waals surface area (Å²) in [5.74, 6) is 0.624. The standard InChI is InChI=1S/C17H23N3/c1-12-4-5-13(2)15(10-12)16-11-19-20(3)17(16)14-6-8-18-9-7-14/h4-5,10-11,14,18H,6-9H2,1-3H3. The molecule has 3 nitrogen and oxygen atoms in total. The fourth-order valence-corrected chi connectivity index (χ4v) is 3.26. The van der Waals surface area contributed by atoms with E-state index in [-0.39, 0.29) is 0 Å². The molecule has 2 aromatic rings. The van der Waals surface area contributed by atoms with Crippen LogP contribution in [-0.2, 0) is 7.05 Å². The van der Waals surface area contributed by atoms with Gasteiger partial charge in [0.25, 0.3) is 0 Å². The van der Waals surface area contributed by atoms with E-state index in [1.807, 2.05) is 6.20 Å². The molecule has 1 aromatic heterocycles. The van der Waals surface area contributed by atoms with Gasteiger partial charge in [-0.15, -0.1) is 0 Å². The van der Waals surface area contributed by atoms with Gasteiger partial charge in [-0.2, -0.15) is 5.10 Å². The first-order chi connectivity index (χ1) is 9.66. The number of nitrogens with one attached hydrogen (secondary N) is 1. The van der Waals surface area contributed by atoms with Crippen LogP contribution in [0.4, 0.5) is 0 Å². The first-order valence-electron chi connectivity index (χ1n) is 7.47. The van der Waals surface area contributed by atoms with Gasteiger partial charge in [0, 0.05) is 24.2 Å². The SMILES string of the molecule is Cc1ccc(C)c(-c2cnn(C)c2C2CCNCC2)c1. The molecule has 0 bridgehead atoms. The highest BCUT2D eigenvalue weighted by Gasteiger charge is 2.23. The van der Waals surface area contributed by atoms with Crippen molar-refractivity contribution in [2.75, 3.05) is 13.1 Å². The second-order valence-electron chi connectivity index (χ2n) is 5.91. The molecular weight excluding hydrogens is 246 g/mol. The lowest BCUT2D eigenvalue weighted by molar-refractivity contribution is 0.440. The fraction of sp³-hybridized carbons (Fsp3) is 0.471. The second-order valence-corrected chi connectivity index (χ2v) is 5.91. The molecule has 0 spiro atoms. The van der Waals surface area contributed by atoms with Gasteiger partial charge in [-0.25, -0.2) is 0 Å². The van der Waals surface area contributed by atoms with Crippen molar-refractivity contribution in [1.82, 2.24) is 15.1 Å². The third kappa shape index (κ3) is 2.38. The van der Waals surface area contributed by atoms with E-state index in [1.165, 1.54) is 40.8 Å². The van der Waals surface area contributed by atoms with Crippen LogP contribution in [0.2, 0.25) is 0 Å². The van der Waals surface area contributed by atoms with E-state index in [9.17, 15) is 0 Å².